The van der Waals surface area contributed by atoms with E-state index < -0.39 is 23.6 Å². The van der Waals surface area contributed by atoms with Crippen LogP contribution in [-0.2, 0) is 17.5 Å². The summed E-state index contributed by atoms with van der Waals surface area (Å²) in [5.41, 5.74) is 1.84. The van der Waals surface area contributed by atoms with Crippen LogP contribution in [0.3, 0.4) is 0 Å². The van der Waals surface area contributed by atoms with Crippen molar-refractivity contribution in [2.24, 2.45) is 0 Å². The fraction of sp³-hybridized carbons (Fsp3) is 0.125. The van der Waals surface area contributed by atoms with Crippen LogP contribution >= 0.6 is 0 Å². The summed E-state index contributed by atoms with van der Waals surface area (Å²) in [4.78, 5) is 28.7. The molecular weight excluding hydrogens is 435 g/mol. The van der Waals surface area contributed by atoms with Crippen LogP contribution in [0.25, 0.3) is 22.2 Å². The Morgan fingerprint density at radius 1 is 1.00 bits per heavy atom. The van der Waals surface area contributed by atoms with E-state index in [1.165, 1.54) is 16.7 Å². The Balaban J connectivity index is 1.68. The first-order valence-corrected chi connectivity index (χ1v) is 9.91. The molecule has 0 atom stereocenters. The van der Waals surface area contributed by atoms with Crippen molar-refractivity contribution < 1.29 is 27.9 Å². The highest BCUT2D eigenvalue weighted by molar-refractivity contribution is 6.11. The molecule has 4 aromatic rings. The van der Waals surface area contributed by atoms with E-state index in [9.17, 15) is 22.8 Å². The average Bonchev–Trinajstić information content (AvgIpc) is 3.09. The maximum atomic E-state index is 13.1. The second kappa shape index (κ2) is 8.42. The van der Waals surface area contributed by atoms with Crippen molar-refractivity contribution in [1.29, 1.82) is 0 Å². The summed E-state index contributed by atoms with van der Waals surface area (Å²) in [6, 6.07) is 16.2. The number of carboxylic acid groups (broad SMARTS) is 1. The molecule has 1 amide bonds. The maximum Gasteiger partial charge on any atom is 0.416 e. The number of alkyl halides is 3. The molecule has 0 spiro atoms. The lowest BCUT2D eigenvalue weighted by atomic mass is 9.98. The molecule has 2 N–H and O–H groups in total. The number of carboxylic acids is 1. The summed E-state index contributed by atoms with van der Waals surface area (Å²) in [5.74, 6) is -1.00. The van der Waals surface area contributed by atoms with Crippen molar-refractivity contribution in [2.45, 2.75) is 19.6 Å². The number of nitrogens with zero attached hydrogens (tertiary/aromatic N) is 2. The lowest BCUT2D eigenvalue weighted by Gasteiger charge is -2.12. The Labute approximate surface area is 186 Å². The molecule has 33 heavy (non-hydrogen) atoms. The molecule has 1 aromatic heterocycles. The van der Waals surface area contributed by atoms with E-state index in [4.69, 9.17) is 5.11 Å². The van der Waals surface area contributed by atoms with Crippen LogP contribution in [0.2, 0.25) is 0 Å². The molecule has 0 aliphatic heterocycles. The highest BCUT2D eigenvalue weighted by Gasteiger charge is 2.30. The average molecular weight is 453 g/mol. The van der Waals surface area contributed by atoms with Gasteiger partial charge >= 0.3 is 12.1 Å². The minimum absolute atomic E-state index is 0.267. The number of hydrogen-bond acceptors (Lipinski definition) is 3. The second-order valence-electron chi connectivity index (χ2n) is 7.39. The Morgan fingerprint density at radius 3 is 2.36 bits per heavy atom. The number of para-hydroxylation sites is 1. The zero-order valence-electron chi connectivity index (χ0n) is 17.3. The van der Waals surface area contributed by atoms with E-state index >= 15 is 0 Å². The van der Waals surface area contributed by atoms with Gasteiger partial charge in [0.15, 0.2) is 0 Å². The number of aliphatic carboxylic acids is 1. The first-order valence-electron chi connectivity index (χ1n) is 9.91. The van der Waals surface area contributed by atoms with Gasteiger partial charge in [-0.25, -0.2) is 4.98 Å². The maximum absolute atomic E-state index is 13.1. The molecule has 0 aliphatic rings. The number of imidazole rings is 1. The van der Waals surface area contributed by atoms with Crippen molar-refractivity contribution >= 4 is 28.6 Å². The summed E-state index contributed by atoms with van der Waals surface area (Å²) in [6.45, 7) is 1.41. The molecule has 0 saturated carbocycles. The zero-order chi connectivity index (χ0) is 23.8. The third kappa shape index (κ3) is 4.43. The minimum atomic E-state index is -4.45. The van der Waals surface area contributed by atoms with Gasteiger partial charge in [0.25, 0.3) is 5.91 Å². The van der Waals surface area contributed by atoms with Crippen LogP contribution < -0.4 is 5.32 Å². The van der Waals surface area contributed by atoms with Crippen molar-refractivity contribution in [3.05, 3.63) is 83.7 Å². The van der Waals surface area contributed by atoms with Gasteiger partial charge < -0.3 is 15.0 Å². The molecule has 168 valence electrons. The fourth-order valence-electron chi connectivity index (χ4n) is 3.66. The summed E-state index contributed by atoms with van der Waals surface area (Å²) in [5, 5.41) is 12.0. The molecular formula is C24H18F3N3O3. The highest BCUT2D eigenvalue weighted by atomic mass is 19.4. The topological polar surface area (TPSA) is 84.2 Å². The SMILES string of the molecule is Cc1nc2c(NC(=O)c3ccccc3-c3ccc(C(F)(F)F)cc3)cccc2n1CC(=O)O. The number of halogens is 3. The van der Waals surface area contributed by atoms with Crippen LogP contribution in [0.4, 0.5) is 18.9 Å². The summed E-state index contributed by atoms with van der Waals surface area (Å²) >= 11 is 0. The number of hydrogen-bond donors (Lipinski definition) is 2. The van der Waals surface area contributed by atoms with Crippen molar-refractivity contribution in [2.75, 3.05) is 5.32 Å². The third-order valence-electron chi connectivity index (χ3n) is 5.21. The second-order valence-corrected chi connectivity index (χ2v) is 7.39. The first kappa shape index (κ1) is 22.1. The Bertz CT molecular complexity index is 1360. The van der Waals surface area contributed by atoms with Gasteiger partial charge in [0, 0.05) is 5.56 Å². The summed E-state index contributed by atoms with van der Waals surface area (Å²) in [6.07, 6.45) is -4.45. The van der Waals surface area contributed by atoms with E-state index in [-0.39, 0.29) is 12.1 Å². The first-order chi connectivity index (χ1) is 15.6. The lowest BCUT2D eigenvalue weighted by Crippen LogP contribution is -2.13. The van der Waals surface area contributed by atoms with Crippen LogP contribution in [-0.4, -0.2) is 26.5 Å². The minimum Gasteiger partial charge on any atom is -0.480 e. The number of benzene rings is 3. The fourth-order valence-corrected chi connectivity index (χ4v) is 3.66. The molecule has 0 radical (unpaired) electrons. The van der Waals surface area contributed by atoms with E-state index in [1.54, 1.807) is 49.4 Å². The molecule has 0 saturated heterocycles. The molecule has 9 heteroatoms. The van der Waals surface area contributed by atoms with E-state index in [2.05, 4.69) is 10.3 Å². The Kier molecular flexibility index (Phi) is 5.63. The number of anilines is 1. The predicted molar refractivity (Wildman–Crippen MR) is 117 cm³/mol. The van der Waals surface area contributed by atoms with Crippen molar-refractivity contribution in [3.8, 4) is 11.1 Å². The van der Waals surface area contributed by atoms with Gasteiger partial charge in [-0.1, -0.05) is 36.4 Å². The predicted octanol–water partition coefficient (Wildman–Crippen LogP) is 5.37. The van der Waals surface area contributed by atoms with Crippen LogP contribution in [0.1, 0.15) is 21.7 Å². The smallest absolute Gasteiger partial charge is 0.416 e. The Morgan fingerprint density at radius 2 is 1.70 bits per heavy atom. The standard InChI is InChI=1S/C24H18F3N3O3/c1-14-28-22-19(7-4-8-20(22)30(14)13-21(31)32)29-23(33)18-6-3-2-5-17(18)15-9-11-16(12-10-15)24(25,26)27/h2-12H,13H2,1H3,(H,29,33)(H,31,32). The van der Waals surface area contributed by atoms with E-state index in [0.29, 0.717) is 33.7 Å². The van der Waals surface area contributed by atoms with Gasteiger partial charge in [0.2, 0.25) is 0 Å². The number of fused-ring (bicyclic) bond motifs is 1. The number of aryl methyl sites for hydroxylation is 1. The van der Waals surface area contributed by atoms with Crippen LogP contribution in [0.15, 0.2) is 66.7 Å². The molecule has 0 bridgehead atoms. The van der Waals surface area contributed by atoms with E-state index in [0.717, 1.165) is 12.1 Å². The van der Waals surface area contributed by atoms with Gasteiger partial charge in [-0.2, -0.15) is 13.2 Å². The number of rotatable bonds is 5. The monoisotopic (exact) mass is 453 g/mol. The number of carbonyl (C=O) groups excluding carboxylic acids is 1. The van der Waals surface area contributed by atoms with Crippen molar-refractivity contribution in [1.82, 2.24) is 9.55 Å². The molecule has 0 aliphatic carbocycles. The number of carbonyl (C=O) groups is 2. The molecule has 4 rings (SSSR count). The molecule has 1 heterocycles. The molecule has 3 aromatic carbocycles. The van der Waals surface area contributed by atoms with Gasteiger partial charge in [-0.15, -0.1) is 0 Å². The van der Waals surface area contributed by atoms with Crippen LogP contribution in [0.5, 0.6) is 0 Å². The van der Waals surface area contributed by atoms with Gasteiger partial charge in [0.1, 0.15) is 17.9 Å². The van der Waals surface area contributed by atoms with Crippen LogP contribution in [0, 0.1) is 6.92 Å². The molecule has 0 fully saturated rings. The lowest BCUT2D eigenvalue weighted by molar-refractivity contribution is -0.138. The summed E-state index contributed by atoms with van der Waals surface area (Å²) in [7, 11) is 0. The normalized spacial score (nSPS) is 11.5. The zero-order valence-corrected chi connectivity index (χ0v) is 17.3. The third-order valence-corrected chi connectivity index (χ3v) is 5.21. The summed E-state index contributed by atoms with van der Waals surface area (Å²) < 4.78 is 40.2. The number of amides is 1. The highest BCUT2D eigenvalue weighted by Crippen LogP contribution is 2.32. The quantitative estimate of drug-likeness (QED) is 0.426. The number of aromatic nitrogens is 2. The number of nitrogens with one attached hydrogen (secondary N) is 1. The Hall–Kier alpha value is -4.14. The van der Waals surface area contributed by atoms with Gasteiger partial charge in [0.05, 0.1) is 16.8 Å². The largest absolute Gasteiger partial charge is 0.480 e. The molecule has 0 unspecified atom stereocenters. The van der Waals surface area contributed by atoms with E-state index in [1.807, 2.05) is 0 Å². The van der Waals surface area contributed by atoms with Crippen molar-refractivity contribution in [3.63, 3.8) is 0 Å². The van der Waals surface area contributed by atoms with Gasteiger partial charge in [-0.3, -0.25) is 9.59 Å². The van der Waals surface area contributed by atoms with Gasteiger partial charge in [-0.05, 0) is 48.4 Å². The molecule has 6 nitrogen and oxygen atoms in total.